The smallest absolute Gasteiger partial charge is 0.315 e. The molecule has 0 aliphatic carbocycles. The Bertz CT molecular complexity index is 615. The van der Waals surface area contributed by atoms with Gasteiger partial charge < -0.3 is 16.0 Å². The van der Waals surface area contributed by atoms with Gasteiger partial charge in [0.2, 0.25) is 0 Å². The number of nitriles is 1. The fraction of sp³-hybridized carbons (Fsp3) is 0.500. The number of hydrogen-bond acceptors (Lipinski definition) is 4. The van der Waals surface area contributed by atoms with E-state index in [4.69, 9.17) is 5.26 Å². The van der Waals surface area contributed by atoms with Crippen molar-refractivity contribution in [2.75, 3.05) is 26.2 Å². The average Bonchev–Trinajstić information content (AvgIpc) is 2.62. The van der Waals surface area contributed by atoms with E-state index in [1.807, 2.05) is 19.1 Å². The second kappa shape index (κ2) is 9.64. The lowest BCUT2D eigenvalue weighted by Crippen LogP contribution is -2.47. The minimum absolute atomic E-state index is 0.0949. The Labute approximate surface area is 148 Å². The Morgan fingerprint density at radius 3 is 2.48 bits per heavy atom. The first-order valence-corrected chi connectivity index (χ1v) is 8.63. The topological polar surface area (TPSA) is 97.3 Å². The van der Waals surface area contributed by atoms with Crippen LogP contribution in [0.5, 0.6) is 0 Å². The molecule has 0 radical (unpaired) electrons. The maximum absolute atomic E-state index is 12.0. The fourth-order valence-electron chi connectivity index (χ4n) is 2.79. The maximum Gasteiger partial charge on any atom is 0.315 e. The van der Waals surface area contributed by atoms with Crippen LogP contribution < -0.4 is 16.0 Å². The van der Waals surface area contributed by atoms with Crippen LogP contribution in [-0.4, -0.2) is 49.1 Å². The van der Waals surface area contributed by atoms with Crippen molar-refractivity contribution >= 4 is 11.9 Å². The maximum atomic E-state index is 12.0. The molecule has 7 nitrogen and oxygen atoms in total. The summed E-state index contributed by atoms with van der Waals surface area (Å²) in [4.78, 5) is 25.8. The SMILES string of the molecule is CCNC(=O)c1ccc(CNC(=O)NC2CCN(CC#N)CC2)cc1. The van der Waals surface area contributed by atoms with Gasteiger partial charge in [-0.3, -0.25) is 9.69 Å². The number of urea groups is 1. The normalized spacial score (nSPS) is 15.2. The van der Waals surface area contributed by atoms with Gasteiger partial charge in [0.05, 0.1) is 12.6 Å². The Kier molecular flexibility index (Phi) is 7.23. The summed E-state index contributed by atoms with van der Waals surface area (Å²) in [6, 6.07) is 9.30. The molecule has 0 spiro atoms. The lowest BCUT2D eigenvalue weighted by molar-refractivity contribution is 0.0955. The van der Waals surface area contributed by atoms with E-state index in [9.17, 15) is 9.59 Å². The van der Waals surface area contributed by atoms with Gasteiger partial charge in [-0.2, -0.15) is 5.26 Å². The summed E-state index contributed by atoms with van der Waals surface area (Å²) in [5.74, 6) is -0.0949. The van der Waals surface area contributed by atoms with Crippen LogP contribution >= 0.6 is 0 Å². The van der Waals surface area contributed by atoms with Crippen LogP contribution in [0.4, 0.5) is 4.79 Å². The minimum atomic E-state index is -0.188. The first-order chi connectivity index (χ1) is 12.1. The molecule has 1 saturated heterocycles. The molecule has 25 heavy (non-hydrogen) atoms. The predicted octanol–water partition coefficient (Wildman–Crippen LogP) is 1.22. The van der Waals surface area contributed by atoms with Gasteiger partial charge in [-0.1, -0.05) is 12.1 Å². The summed E-state index contributed by atoms with van der Waals surface area (Å²) in [6.07, 6.45) is 1.71. The van der Waals surface area contributed by atoms with Crippen molar-refractivity contribution in [3.8, 4) is 6.07 Å². The molecule has 2 rings (SSSR count). The molecule has 0 aromatic heterocycles. The summed E-state index contributed by atoms with van der Waals surface area (Å²) < 4.78 is 0. The van der Waals surface area contributed by atoms with Crippen molar-refractivity contribution in [3.05, 3.63) is 35.4 Å². The second-order valence-electron chi connectivity index (χ2n) is 6.09. The van der Waals surface area contributed by atoms with Gasteiger partial charge in [-0.15, -0.1) is 0 Å². The van der Waals surface area contributed by atoms with Gasteiger partial charge in [0.25, 0.3) is 5.91 Å². The zero-order valence-electron chi connectivity index (χ0n) is 14.5. The Balaban J connectivity index is 1.71. The van der Waals surface area contributed by atoms with E-state index in [0.29, 0.717) is 25.2 Å². The number of carbonyl (C=O) groups excluding carboxylic acids is 2. The van der Waals surface area contributed by atoms with Crippen molar-refractivity contribution < 1.29 is 9.59 Å². The number of nitrogens with one attached hydrogen (secondary N) is 3. The largest absolute Gasteiger partial charge is 0.352 e. The molecule has 1 aromatic carbocycles. The first-order valence-electron chi connectivity index (χ1n) is 8.63. The quantitative estimate of drug-likeness (QED) is 0.677. The third-order valence-electron chi connectivity index (χ3n) is 4.22. The fourth-order valence-corrected chi connectivity index (χ4v) is 2.79. The lowest BCUT2D eigenvalue weighted by Gasteiger charge is -2.30. The van der Waals surface area contributed by atoms with Crippen LogP contribution in [0.3, 0.4) is 0 Å². The number of hydrogen-bond donors (Lipinski definition) is 3. The van der Waals surface area contributed by atoms with Crippen LogP contribution in [0, 0.1) is 11.3 Å². The van der Waals surface area contributed by atoms with E-state index in [1.165, 1.54) is 0 Å². The molecule has 1 aromatic rings. The van der Waals surface area contributed by atoms with Crippen LogP contribution in [0.15, 0.2) is 24.3 Å². The van der Waals surface area contributed by atoms with Gasteiger partial charge in [-0.25, -0.2) is 4.79 Å². The zero-order valence-corrected chi connectivity index (χ0v) is 14.5. The lowest BCUT2D eigenvalue weighted by atomic mass is 10.1. The second-order valence-corrected chi connectivity index (χ2v) is 6.09. The van der Waals surface area contributed by atoms with E-state index in [2.05, 4.69) is 26.9 Å². The van der Waals surface area contributed by atoms with Gasteiger partial charge in [0.1, 0.15) is 0 Å². The van der Waals surface area contributed by atoms with Crippen molar-refractivity contribution in [3.63, 3.8) is 0 Å². The Morgan fingerprint density at radius 1 is 1.20 bits per heavy atom. The molecule has 3 N–H and O–H groups in total. The number of rotatable bonds is 6. The molecule has 1 aliphatic heterocycles. The molecule has 0 unspecified atom stereocenters. The molecular formula is C18H25N5O2. The molecule has 1 aliphatic rings. The van der Waals surface area contributed by atoms with E-state index in [1.54, 1.807) is 12.1 Å². The van der Waals surface area contributed by atoms with E-state index < -0.39 is 0 Å². The third-order valence-corrected chi connectivity index (χ3v) is 4.22. The molecular weight excluding hydrogens is 318 g/mol. The summed E-state index contributed by atoms with van der Waals surface area (Å²) in [5, 5.41) is 17.3. The first kappa shape index (κ1) is 18.7. The Morgan fingerprint density at radius 2 is 1.88 bits per heavy atom. The summed E-state index contributed by atoms with van der Waals surface area (Å²) in [7, 11) is 0. The highest BCUT2D eigenvalue weighted by molar-refractivity contribution is 5.94. The number of likely N-dealkylation sites (tertiary alicyclic amines) is 1. The molecule has 134 valence electrons. The van der Waals surface area contributed by atoms with E-state index >= 15 is 0 Å². The molecule has 3 amide bonds. The monoisotopic (exact) mass is 343 g/mol. The molecule has 0 saturated carbocycles. The van der Waals surface area contributed by atoms with Crippen molar-refractivity contribution in [2.45, 2.75) is 32.4 Å². The number of amides is 3. The van der Waals surface area contributed by atoms with E-state index in [0.717, 1.165) is 31.5 Å². The van der Waals surface area contributed by atoms with Crippen LogP contribution in [0.25, 0.3) is 0 Å². The molecule has 7 heteroatoms. The van der Waals surface area contributed by atoms with Crippen LogP contribution in [0.2, 0.25) is 0 Å². The van der Waals surface area contributed by atoms with Crippen LogP contribution in [-0.2, 0) is 6.54 Å². The highest BCUT2D eigenvalue weighted by atomic mass is 16.2. The third kappa shape index (κ3) is 6.08. The highest BCUT2D eigenvalue weighted by Crippen LogP contribution is 2.09. The molecule has 0 atom stereocenters. The highest BCUT2D eigenvalue weighted by Gasteiger charge is 2.20. The van der Waals surface area contributed by atoms with Gasteiger partial charge in [0, 0.05) is 37.8 Å². The van der Waals surface area contributed by atoms with Gasteiger partial charge >= 0.3 is 6.03 Å². The summed E-state index contributed by atoms with van der Waals surface area (Å²) >= 11 is 0. The van der Waals surface area contributed by atoms with Crippen LogP contribution in [0.1, 0.15) is 35.7 Å². The minimum Gasteiger partial charge on any atom is -0.352 e. The summed E-state index contributed by atoms with van der Waals surface area (Å²) in [5.41, 5.74) is 1.55. The molecule has 1 heterocycles. The average molecular weight is 343 g/mol. The number of carbonyl (C=O) groups is 2. The zero-order chi connectivity index (χ0) is 18.1. The van der Waals surface area contributed by atoms with Crippen molar-refractivity contribution in [1.82, 2.24) is 20.9 Å². The van der Waals surface area contributed by atoms with Gasteiger partial charge in [0.15, 0.2) is 0 Å². The number of benzene rings is 1. The Hall–Kier alpha value is -2.59. The number of piperidine rings is 1. The standard InChI is InChI=1S/C18H25N5O2/c1-2-20-17(24)15-5-3-14(4-6-15)13-21-18(25)22-16-7-10-23(11-8-16)12-9-19/h3-6,16H,2,7-8,10-13H2,1H3,(H,20,24)(H2,21,22,25). The molecule has 1 fully saturated rings. The van der Waals surface area contributed by atoms with Gasteiger partial charge in [-0.05, 0) is 37.5 Å². The number of nitrogens with zero attached hydrogens (tertiary/aromatic N) is 2. The molecule has 0 bridgehead atoms. The van der Waals surface area contributed by atoms with Crippen molar-refractivity contribution in [1.29, 1.82) is 5.26 Å². The van der Waals surface area contributed by atoms with Crippen molar-refractivity contribution in [2.24, 2.45) is 0 Å². The van der Waals surface area contributed by atoms with E-state index in [-0.39, 0.29) is 18.0 Å². The summed E-state index contributed by atoms with van der Waals surface area (Å²) in [6.45, 7) is 5.00. The predicted molar refractivity (Wildman–Crippen MR) is 94.9 cm³/mol.